The molecule has 164 valence electrons. The standard InChI is InChI=1S/C23H33BO5S/c1-8-18(27-20-13-11-10-12-17(20)14-21(25)26-9-2)15-19(16(3)30)24-28-22(4,5)23(6,7)29-24/h10-13,15,18,30H,3,8-9,14H2,1-2,4-7H3/b19-15+. The van der Waals surface area contributed by atoms with Crippen molar-refractivity contribution in [2.24, 2.45) is 0 Å². The molecule has 0 spiro atoms. The number of carbonyl (C=O) groups excluding carboxylic acids is 1. The third-order valence-corrected chi connectivity index (χ3v) is 5.76. The number of ether oxygens (including phenoxy) is 2. The third-order valence-electron chi connectivity index (χ3n) is 5.50. The predicted molar refractivity (Wildman–Crippen MR) is 124 cm³/mol. The van der Waals surface area contributed by atoms with Crippen LogP contribution >= 0.6 is 12.6 Å². The van der Waals surface area contributed by atoms with Gasteiger partial charge in [-0.05, 0) is 63.6 Å². The van der Waals surface area contributed by atoms with E-state index in [1.807, 2.05) is 65.0 Å². The molecule has 0 N–H and O–H groups in total. The predicted octanol–water partition coefficient (Wildman–Crippen LogP) is 4.95. The lowest BCUT2D eigenvalue weighted by molar-refractivity contribution is -0.142. The molecule has 1 aromatic carbocycles. The zero-order valence-corrected chi connectivity index (χ0v) is 19.8. The minimum absolute atomic E-state index is 0.160. The van der Waals surface area contributed by atoms with E-state index in [9.17, 15) is 4.79 Å². The number of para-hydroxylation sites is 1. The number of hydrogen-bond acceptors (Lipinski definition) is 6. The van der Waals surface area contributed by atoms with E-state index in [1.165, 1.54) is 0 Å². The summed E-state index contributed by atoms with van der Waals surface area (Å²) in [5, 5.41) is 0. The Morgan fingerprint density at radius 2 is 1.80 bits per heavy atom. The first-order valence-electron chi connectivity index (χ1n) is 10.4. The lowest BCUT2D eigenvalue weighted by Crippen LogP contribution is -2.41. The van der Waals surface area contributed by atoms with Gasteiger partial charge in [0.15, 0.2) is 0 Å². The van der Waals surface area contributed by atoms with Crippen LogP contribution in [0.4, 0.5) is 0 Å². The molecule has 1 aliphatic heterocycles. The van der Waals surface area contributed by atoms with E-state index in [2.05, 4.69) is 19.2 Å². The number of esters is 1. The van der Waals surface area contributed by atoms with Gasteiger partial charge < -0.3 is 18.8 Å². The van der Waals surface area contributed by atoms with Gasteiger partial charge in [-0.15, -0.1) is 12.6 Å². The number of hydrogen-bond donors (Lipinski definition) is 1. The molecule has 0 bridgehead atoms. The quantitative estimate of drug-likeness (QED) is 0.259. The molecule has 0 aliphatic carbocycles. The summed E-state index contributed by atoms with van der Waals surface area (Å²) in [6.07, 6.45) is 2.54. The fourth-order valence-electron chi connectivity index (χ4n) is 3.01. The zero-order chi connectivity index (χ0) is 22.5. The number of allylic oxidation sites excluding steroid dienone is 1. The highest BCUT2D eigenvalue weighted by Gasteiger charge is 2.52. The second-order valence-corrected chi connectivity index (χ2v) is 8.85. The second kappa shape index (κ2) is 10.1. The van der Waals surface area contributed by atoms with E-state index in [1.54, 1.807) is 6.92 Å². The highest BCUT2D eigenvalue weighted by Crippen LogP contribution is 2.40. The summed E-state index contributed by atoms with van der Waals surface area (Å²) in [7, 11) is -0.576. The van der Waals surface area contributed by atoms with Crippen molar-refractivity contribution >= 4 is 25.7 Å². The molecule has 0 radical (unpaired) electrons. The van der Waals surface area contributed by atoms with E-state index in [-0.39, 0.29) is 18.5 Å². The third kappa shape index (κ3) is 5.93. The monoisotopic (exact) mass is 432 g/mol. The number of rotatable bonds is 9. The Morgan fingerprint density at radius 1 is 1.20 bits per heavy atom. The topological polar surface area (TPSA) is 54.0 Å². The lowest BCUT2D eigenvalue weighted by atomic mass is 9.77. The highest BCUT2D eigenvalue weighted by atomic mass is 32.1. The maximum absolute atomic E-state index is 11.9. The van der Waals surface area contributed by atoms with E-state index in [0.717, 1.165) is 11.0 Å². The molecule has 30 heavy (non-hydrogen) atoms. The Morgan fingerprint density at radius 3 is 2.33 bits per heavy atom. The molecule has 5 nitrogen and oxygen atoms in total. The Kier molecular flexibility index (Phi) is 8.25. The molecular formula is C23H33BO5S. The minimum Gasteiger partial charge on any atom is -0.486 e. The van der Waals surface area contributed by atoms with E-state index >= 15 is 0 Å². The van der Waals surface area contributed by atoms with Crippen LogP contribution in [0, 0.1) is 0 Å². The van der Waals surface area contributed by atoms with Crippen LogP contribution in [0.1, 0.15) is 53.5 Å². The molecule has 1 atom stereocenters. The van der Waals surface area contributed by atoms with Crippen LogP contribution in [-0.4, -0.2) is 37.0 Å². The summed E-state index contributed by atoms with van der Waals surface area (Å²) < 4.78 is 23.7. The number of carbonyl (C=O) groups is 1. The average molecular weight is 432 g/mol. The fourth-order valence-corrected chi connectivity index (χ4v) is 3.19. The Labute approximate surface area is 186 Å². The van der Waals surface area contributed by atoms with Gasteiger partial charge >= 0.3 is 13.1 Å². The van der Waals surface area contributed by atoms with Crippen LogP contribution in [0.25, 0.3) is 0 Å². The largest absolute Gasteiger partial charge is 0.495 e. The van der Waals surface area contributed by atoms with Crippen molar-refractivity contribution in [1.29, 1.82) is 0 Å². The molecule has 7 heteroatoms. The molecular weight excluding hydrogens is 399 g/mol. The van der Waals surface area contributed by atoms with Gasteiger partial charge in [-0.2, -0.15) is 0 Å². The molecule has 0 aromatic heterocycles. The molecule has 1 fully saturated rings. The summed E-state index contributed by atoms with van der Waals surface area (Å²) in [5.74, 6) is 0.366. The Hall–Kier alpha value is -1.70. The van der Waals surface area contributed by atoms with Gasteiger partial charge in [-0.3, -0.25) is 4.79 Å². The SMILES string of the molecule is C=C(S)/C(=C\C(CC)Oc1ccccc1CC(=O)OCC)B1OC(C)(C)C(C)(C)O1. The van der Waals surface area contributed by atoms with E-state index in [4.69, 9.17) is 18.8 Å². The molecule has 0 saturated carbocycles. The van der Waals surface area contributed by atoms with Crippen molar-refractivity contribution < 1.29 is 23.6 Å². The van der Waals surface area contributed by atoms with Crippen molar-refractivity contribution in [3.63, 3.8) is 0 Å². The van der Waals surface area contributed by atoms with Gasteiger partial charge in [-0.25, -0.2) is 0 Å². The molecule has 1 aliphatic rings. The first-order chi connectivity index (χ1) is 14.0. The van der Waals surface area contributed by atoms with Gasteiger partial charge in [0, 0.05) is 5.56 Å². The van der Waals surface area contributed by atoms with Gasteiger partial charge in [-0.1, -0.05) is 31.7 Å². The summed E-state index contributed by atoms with van der Waals surface area (Å²) in [4.78, 5) is 12.5. The van der Waals surface area contributed by atoms with Crippen LogP contribution in [-0.2, 0) is 25.3 Å². The summed E-state index contributed by atoms with van der Waals surface area (Å²) in [6.45, 7) is 16.2. The minimum atomic E-state index is -0.576. The summed E-state index contributed by atoms with van der Waals surface area (Å²) in [5.41, 5.74) is 0.597. The first-order valence-corrected chi connectivity index (χ1v) is 10.8. The van der Waals surface area contributed by atoms with Gasteiger partial charge in [0.05, 0.1) is 24.2 Å². The maximum Gasteiger partial charge on any atom is 0.495 e. The van der Waals surface area contributed by atoms with Gasteiger partial charge in [0.25, 0.3) is 0 Å². The van der Waals surface area contributed by atoms with Crippen molar-refractivity contribution in [3.05, 3.63) is 52.9 Å². The Balaban J connectivity index is 2.26. The molecule has 1 saturated heterocycles. The molecule has 1 heterocycles. The van der Waals surface area contributed by atoms with Crippen LogP contribution < -0.4 is 4.74 Å². The maximum atomic E-state index is 11.9. The van der Waals surface area contributed by atoms with Gasteiger partial charge in [0.1, 0.15) is 11.9 Å². The smallest absolute Gasteiger partial charge is 0.486 e. The van der Waals surface area contributed by atoms with Crippen LogP contribution in [0.3, 0.4) is 0 Å². The molecule has 2 rings (SSSR count). The van der Waals surface area contributed by atoms with Crippen molar-refractivity contribution in [2.75, 3.05) is 6.61 Å². The van der Waals surface area contributed by atoms with Crippen molar-refractivity contribution in [1.82, 2.24) is 0 Å². The average Bonchev–Trinajstić information content (AvgIpc) is 2.86. The molecule has 0 amide bonds. The first kappa shape index (κ1) is 24.6. The fraction of sp³-hybridized carbons (Fsp3) is 0.522. The number of benzene rings is 1. The van der Waals surface area contributed by atoms with Crippen molar-refractivity contribution in [2.45, 2.75) is 71.7 Å². The van der Waals surface area contributed by atoms with Crippen molar-refractivity contribution in [3.8, 4) is 5.75 Å². The molecule has 1 aromatic rings. The lowest BCUT2D eigenvalue weighted by Gasteiger charge is -2.32. The normalized spacial score (nSPS) is 18.8. The summed E-state index contributed by atoms with van der Waals surface area (Å²) in [6, 6.07) is 7.49. The highest BCUT2D eigenvalue weighted by molar-refractivity contribution is 7.85. The molecule has 1 unspecified atom stereocenters. The summed E-state index contributed by atoms with van der Waals surface area (Å²) >= 11 is 4.47. The number of thiol groups is 1. The zero-order valence-electron chi connectivity index (χ0n) is 18.9. The van der Waals surface area contributed by atoms with E-state index < -0.39 is 18.3 Å². The van der Waals surface area contributed by atoms with Crippen LogP contribution in [0.15, 0.2) is 47.3 Å². The van der Waals surface area contributed by atoms with E-state index in [0.29, 0.717) is 23.7 Å². The second-order valence-electron chi connectivity index (χ2n) is 8.31. The van der Waals surface area contributed by atoms with Gasteiger partial charge in [0.2, 0.25) is 0 Å². The van der Waals surface area contributed by atoms with Crippen LogP contribution in [0.2, 0.25) is 0 Å². The van der Waals surface area contributed by atoms with Crippen LogP contribution in [0.5, 0.6) is 5.75 Å². The Bertz CT molecular complexity index is 787.